The van der Waals surface area contributed by atoms with Crippen molar-refractivity contribution in [1.82, 2.24) is 4.72 Å². The molecule has 0 fully saturated rings. The van der Waals surface area contributed by atoms with Gasteiger partial charge in [-0.1, -0.05) is 13.5 Å². The van der Waals surface area contributed by atoms with Crippen molar-refractivity contribution in [3.05, 3.63) is 12.2 Å². The van der Waals surface area contributed by atoms with Gasteiger partial charge in [-0.3, -0.25) is 0 Å². The van der Waals surface area contributed by atoms with Crippen LogP contribution in [0.15, 0.2) is 12.2 Å². The summed E-state index contributed by atoms with van der Waals surface area (Å²) in [6.45, 7) is 5.51. The quantitative estimate of drug-likeness (QED) is 0.350. The molecular formula is C10H15F3NO3S-. The van der Waals surface area contributed by atoms with Crippen molar-refractivity contribution in [3.8, 4) is 0 Å². The van der Waals surface area contributed by atoms with E-state index in [4.69, 9.17) is 0 Å². The number of hydrogen-bond acceptors (Lipinski definition) is 4. The predicted octanol–water partition coefficient (Wildman–Crippen LogP) is 1.72. The molecule has 8 heteroatoms. The summed E-state index contributed by atoms with van der Waals surface area (Å²) in [6, 6.07) is 0. The maximum absolute atomic E-state index is 12.1. The molecular weight excluding hydrogens is 271 g/mol. The molecule has 1 unspecified atom stereocenters. The Morgan fingerprint density at radius 1 is 1.44 bits per heavy atom. The summed E-state index contributed by atoms with van der Waals surface area (Å²) >= 11 is 0. The van der Waals surface area contributed by atoms with Crippen molar-refractivity contribution in [1.29, 1.82) is 0 Å². The molecule has 0 saturated carbocycles. The van der Waals surface area contributed by atoms with Gasteiger partial charge >= 0.3 is 12.1 Å². The van der Waals surface area contributed by atoms with Crippen LogP contribution < -0.4 is 4.72 Å². The third-order valence-corrected chi connectivity index (χ3v) is 2.97. The summed E-state index contributed by atoms with van der Waals surface area (Å²) in [5, 5.41) is 0. The Morgan fingerprint density at radius 3 is 2.28 bits per heavy atom. The second-order valence-corrected chi connectivity index (χ2v) is 4.81. The molecule has 1 atom stereocenters. The molecule has 4 nitrogen and oxygen atoms in total. The molecule has 0 aromatic rings. The highest BCUT2D eigenvalue weighted by molar-refractivity contribution is 7.80. The zero-order valence-corrected chi connectivity index (χ0v) is 10.9. The number of halogens is 3. The summed E-state index contributed by atoms with van der Waals surface area (Å²) in [4.78, 5) is 11.1. The molecule has 0 aliphatic rings. The van der Waals surface area contributed by atoms with Gasteiger partial charge in [0.05, 0.1) is 0 Å². The average Bonchev–Trinajstić information content (AvgIpc) is 2.22. The first kappa shape index (κ1) is 17.0. The number of carbonyl (C=O) groups excluding carboxylic acids is 1. The van der Waals surface area contributed by atoms with E-state index in [1.807, 2.05) is 0 Å². The minimum atomic E-state index is -4.82. The zero-order valence-electron chi connectivity index (χ0n) is 10.1. The summed E-state index contributed by atoms with van der Waals surface area (Å²) in [7, 11) is -1.61. The van der Waals surface area contributed by atoms with E-state index < -0.39 is 33.8 Å². The highest BCUT2D eigenvalue weighted by Crippen LogP contribution is 2.25. The van der Waals surface area contributed by atoms with E-state index in [-0.39, 0.29) is 6.61 Å². The predicted molar refractivity (Wildman–Crippen MR) is 63.2 cm³/mol. The Morgan fingerprint density at radius 2 is 1.94 bits per heavy atom. The van der Waals surface area contributed by atoms with Crippen LogP contribution in [-0.4, -0.2) is 30.2 Å². The first-order valence-electron chi connectivity index (χ1n) is 4.94. The van der Waals surface area contributed by atoms with E-state index in [1.165, 1.54) is 0 Å². The highest BCUT2D eigenvalue weighted by Gasteiger charge is 2.38. The smallest absolute Gasteiger partial charge is 0.422 e. The second kappa shape index (κ2) is 6.24. The van der Waals surface area contributed by atoms with Crippen LogP contribution in [0.5, 0.6) is 0 Å². The lowest BCUT2D eigenvalue weighted by Gasteiger charge is -2.32. The molecule has 0 aromatic carbocycles. The summed E-state index contributed by atoms with van der Waals surface area (Å²) in [6.07, 6.45) is -4.43. The molecule has 0 radical (unpaired) electrons. The monoisotopic (exact) mass is 286 g/mol. The fourth-order valence-electron chi connectivity index (χ4n) is 0.906. The van der Waals surface area contributed by atoms with E-state index in [2.05, 4.69) is 21.9 Å². The summed E-state index contributed by atoms with van der Waals surface area (Å²) < 4.78 is 54.3. The van der Waals surface area contributed by atoms with Crippen molar-refractivity contribution in [2.45, 2.75) is 32.0 Å². The van der Waals surface area contributed by atoms with Crippen LogP contribution in [0.3, 0.4) is 0 Å². The lowest BCUT2D eigenvalue weighted by molar-refractivity contribution is -0.152. The van der Waals surface area contributed by atoms with Gasteiger partial charge < -0.3 is 13.7 Å². The normalized spacial score (nSPS) is 15.2. The third-order valence-electron chi connectivity index (χ3n) is 2.25. The van der Waals surface area contributed by atoms with Crippen LogP contribution >= 0.6 is 0 Å². The van der Waals surface area contributed by atoms with Crippen molar-refractivity contribution in [2.75, 3.05) is 6.61 Å². The van der Waals surface area contributed by atoms with Gasteiger partial charge in [0.15, 0.2) is 0 Å². The van der Waals surface area contributed by atoms with Crippen LogP contribution in [0.2, 0.25) is 0 Å². The molecule has 18 heavy (non-hydrogen) atoms. The van der Waals surface area contributed by atoms with Gasteiger partial charge in [-0.25, -0.2) is 15.4 Å². The maximum atomic E-state index is 12.1. The van der Waals surface area contributed by atoms with Crippen molar-refractivity contribution in [3.63, 3.8) is 0 Å². The summed E-state index contributed by atoms with van der Waals surface area (Å²) in [5.41, 5.74) is -2.48. The minimum absolute atomic E-state index is 0.362. The van der Waals surface area contributed by atoms with Crippen LogP contribution in [0.1, 0.15) is 20.3 Å². The lowest BCUT2D eigenvalue weighted by atomic mass is 10.0. The standard InChI is InChI=1S/C10H15F3NO3S/c1-5-9(3,14-18(4)16)6-17-8(15)7(2)10(11,12)13/h2,4-6H2,1,3H3,(H,14,16)/q-1. The number of esters is 1. The topological polar surface area (TPSA) is 55.4 Å². The zero-order chi connectivity index (χ0) is 14.6. The number of hydrogen-bond donors (Lipinski definition) is 1. The average molecular weight is 286 g/mol. The van der Waals surface area contributed by atoms with E-state index in [0.717, 1.165) is 0 Å². The molecule has 1 N–H and O–H groups in total. The lowest BCUT2D eigenvalue weighted by Crippen LogP contribution is -2.45. The number of rotatable bonds is 6. The molecule has 0 heterocycles. The Kier molecular flexibility index (Phi) is 5.88. The molecule has 0 saturated heterocycles. The van der Waals surface area contributed by atoms with Crippen LogP contribution in [-0.2, 0) is 24.3 Å². The molecule has 0 spiro atoms. The Balaban J connectivity index is 4.56. The number of ether oxygens (including phenoxy) is 1. The molecule has 106 valence electrons. The maximum Gasteiger partial charge on any atom is 0.422 e. The molecule has 0 aliphatic carbocycles. The number of nitrogens with one attached hydrogen (secondary N) is 1. The summed E-state index contributed by atoms with van der Waals surface area (Å²) in [5.74, 6) is 1.65. The van der Waals surface area contributed by atoms with Crippen LogP contribution in [0.25, 0.3) is 0 Å². The number of carbonyl (C=O) groups is 1. The van der Waals surface area contributed by atoms with E-state index in [9.17, 15) is 22.2 Å². The Labute approximate surface area is 105 Å². The van der Waals surface area contributed by atoms with Crippen molar-refractivity contribution < 1.29 is 26.9 Å². The first-order chi connectivity index (χ1) is 8.02. The Hall–Kier alpha value is -1.02. The number of alkyl halides is 3. The van der Waals surface area contributed by atoms with Gasteiger partial charge in [0.1, 0.15) is 12.2 Å². The van der Waals surface area contributed by atoms with E-state index in [1.54, 1.807) is 13.8 Å². The van der Waals surface area contributed by atoms with Crippen molar-refractivity contribution in [2.24, 2.45) is 0 Å². The van der Waals surface area contributed by atoms with Gasteiger partial charge in [-0.2, -0.15) is 19.0 Å². The highest BCUT2D eigenvalue weighted by atomic mass is 32.2. The van der Waals surface area contributed by atoms with Gasteiger partial charge in [0.2, 0.25) is 0 Å². The van der Waals surface area contributed by atoms with Crippen molar-refractivity contribution >= 4 is 22.4 Å². The van der Waals surface area contributed by atoms with Gasteiger partial charge in [0, 0.05) is 5.54 Å². The molecule has 0 bridgehead atoms. The largest absolute Gasteiger partial charge is 0.460 e. The second-order valence-electron chi connectivity index (χ2n) is 3.91. The minimum Gasteiger partial charge on any atom is -0.460 e. The van der Waals surface area contributed by atoms with Gasteiger partial charge in [-0.15, -0.1) is 0 Å². The molecule has 0 aliphatic heterocycles. The third kappa shape index (κ3) is 5.54. The van der Waals surface area contributed by atoms with Gasteiger partial charge in [-0.05, 0) is 13.3 Å². The van der Waals surface area contributed by atoms with E-state index >= 15 is 0 Å². The van der Waals surface area contributed by atoms with E-state index in [0.29, 0.717) is 6.42 Å². The van der Waals surface area contributed by atoms with Crippen LogP contribution in [0.4, 0.5) is 13.2 Å². The molecule has 0 rings (SSSR count). The Bertz CT molecular complexity index is 396. The van der Waals surface area contributed by atoms with Gasteiger partial charge in [0.25, 0.3) is 0 Å². The first-order valence-corrected chi connectivity index (χ1v) is 6.26. The molecule has 0 aromatic heterocycles. The SMILES string of the molecule is C=C(C(=O)OCC(C)(CC)N[S-](=C)=O)C(F)(F)F. The fourth-order valence-corrected chi connectivity index (χ4v) is 1.66. The molecule has 0 amide bonds. The fraction of sp³-hybridized carbons (Fsp3) is 0.600. The van der Waals surface area contributed by atoms with Crippen LogP contribution in [0, 0.1) is 0 Å².